The average Bonchev–Trinajstić information content (AvgIpc) is 2.76. The number of carboxylic acids is 1. The van der Waals surface area contributed by atoms with E-state index >= 15 is 0 Å². The van der Waals surface area contributed by atoms with Crippen LogP contribution in [0.5, 0.6) is 0 Å². The van der Waals surface area contributed by atoms with Gasteiger partial charge in [-0.15, -0.1) is 0 Å². The van der Waals surface area contributed by atoms with Crippen molar-refractivity contribution in [2.75, 3.05) is 0 Å². The molecule has 0 aliphatic heterocycles. The molecule has 114 valence electrons. The third kappa shape index (κ3) is 2.75. The molecule has 0 aromatic heterocycles. The molecule has 0 spiro atoms. The van der Waals surface area contributed by atoms with Gasteiger partial charge in [-0.3, -0.25) is 9.59 Å². The predicted octanol–water partition coefficient (Wildman–Crippen LogP) is 2.65. The van der Waals surface area contributed by atoms with Crippen LogP contribution in [0.25, 0.3) is 0 Å². The van der Waals surface area contributed by atoms with Gasteiger partial charge in [0.1, 0.15) is 11.6 Å². The molecule has 1 aromatic carbocycles. The highest BCUT2D eigenvalue weighted by Gasteiger charge is 2.46. The van der Waals surface area contributed by atoms with Gasteiger partial charge in [0.15, 0.2) is 0 Å². The van der Waals surface area contributed by atoms with Gasteiger partial charge < -0.3 is 10.4 Å². The van der Waals surface area contributed by atoms with Crippen LogP contribution in [-0.4, -0.2) is 23.0 Å². The Kier molecular flexibility index (Phi) is 3.98. The van der Waals surface area contributed by atoms with E-state index in [1.54, 1.807) is 6.92 Å². The molecule has 2 rings (SSSR count). The number of nitrogens with one attached hydrogen (secondary N) is 1. The molecule has 0 bridgehead atoms. The number of hydrogen-bond acceptors (Lipinski definition) is 2. The minimum absolute atomic E-state index is 0.161. The predicted molar refractivity (Wildman–Crippen MR) is 71.9 cm³/mol. The van der Waals surface area contributed by atoms with Crippen molar-refractivity contribution in [1.29, 1.82) is 0 Å². The quantitative estimate of drug-likeness (QED) is 0.901. The molecular weight excluding hydrogens is 280 g/mol. The zero-order chi connectivity index (χ0) is 15.8. The molecule has 0 radical (unpaired) electrons. The van der Waals surface area contributed by atoms with E-state index in [0.717, 1.165) is 6.07 Å². The molecule has 1 aliphatic carbocycles. The van der Waals surface area contributed by atoms with Gasteiger partial charge in [0.05, 0.1) is 11.0 Å². The van der Waals surface area contributed by atoms with Gasteiger partial charge in [-0.25, -0.2) is 8.78 Å². The molecule has 0 heterocycles. The van der Waals surface area contributed by atoms with Crippen molar-refractivity contribution in [3.05, 3.63) is 34.9 Å². The third-order valence-corrected chi connectivity index (χ3v) is 4.24. The summed E-state index contributed by atoms with van der Waals surface area (Å²) in [5.74, 6) is -3.37. The smallest absolute Gasteiger partial charge is 0.311 e. The second-order valence-electron chi connectivity index (χ2n) is 5.72. The zero-order valence-corrected chi connectivity index (χ0v) is 11.9. The fourth-order valence-electron chi connectivity index (χ4n) is 2.72. The lowest BCUT2D eigenvalue weighted by molar-refractivity contribution is -0.148. The van der Waals surface area contributed by atoms with Crippen LogP contribution in [0.4, 0.5) is 8.78 Å². The van der Waals surface area contributed by atoms with Crippen LogP contribution in [0, 0.1) is 24.0 Å². The molecular formula is C15H17F2NO3. The number of benzene rings is 1. The Morgan fingerprint density at radius 2 is 2.00 bits per heavy atom. The van der Waals surface area contributed by atoms with Crippen LogP contribution in [0.2, 0.25) is 0 Å². The maximum Gasteiger partial charge on any atom is 0.311 e. The number of aryl methyl sites for hydroxylation is 1. The molecule has 2 N–H and O–H groups in total. The van der Waals surface area contributed by atoms with Crippen molar-refractivity contribution < 1.29 is 23.5 Å². The van der Waals surface area contributed by atoms with Crippen molar-refractivity contribution in [3.8, 4) is 0 Å². The zero-order valence-electron chi connectivity index (χ0n) is 11.9. The summed E-state index contributed by atoms with van der Waals surface area (Å²) in [7, 11) is 0. The SMILES string of the molecule is Cc1cc(C(=O)NC2CCCC2(C)C(=O)O)c(F)cc1F. The van der Waals surface area contributed by atoms with Crippen LogP contribution in [0.3, 0.4) is 0 Å². The number of hydrogen-bond donors (Lipinski definition) is 2. The van der Waals surface area contributed by atoms with Gasteiger partial charge in [0.2, 0.25) is 0 Å². The first kappa shape index (κ1) is 15.4. The maximum absolute atomic E-state index is 13.7. The Labute approximate surface area is 121 Å². The standard InChI is InChI=1S/C15H17F2NO3/c1-8-6-9(11(17)7-10(8)16)13(19)18-12-4-3-5-15(12,2)14(20)21/h6-7,12H,3-5H2,1-2H3,(H,18,19)(H,20,21). The Balaban J connectivity index is 2.23. The Morgan fingerprint density at radius 3 is 2.62 bits per heavy atom. The topological polar surface area (TPSA) is 66.4 Å². The first-order valence-electron chi connectivity index (χ1n) is 6.75. The lowest BCUT2D eigenvalue weighted by Crippen LogP contribution is -2.47. The molecule has 4 nitrogen and oxygen atoms in total. The number of amides is 1. The second kappa shape index (κ2) is 5.42. The van der Waals surface area contributed by atoms with E-state index in [-0.39, 0.29) is 11.1 Å². The van der Waals surface area contributed by atoms with E-state index in [2.05, 4.69) is 5.32 Å². The van der Waals surface area contributed by atoms with E-state index in [0.29, 0.717) is 25.3 Å². The third-order valence-electron chi connectivity index (χ3n) is 4.24. The summed E-state index contributed by atoms with van der Waals surface area (Å²) in [6.45, 7) is 3.00. The van der Waals surface area contributed by atoms with Gasteiger partial charge in [-0.05, 0) is 38.3 Å². The highest BCUT2D eigenvalue weighted by molar-refractivity contribution is 5.95. The number of rotatable bonds is 3. The molecule has 0 saturated heterocycles. The number of halogens is 2. The van der Waals surface area contributed by atoms with Crippen LogP contribution in [-0.2, 0) is 4.79 Å². The van der Waals surface area contributed by atoms with Crippen molar-refractivity contribution in [2.45, 2.75) is 39.2 Å². The highest BCUT2D eigenvalue weighted by atomic mass is 19.1. The fraction of sp³-hybridized carbons (Fsp3) is 0.467. The summed E-state index contributed by atoms with van der Waals surface area (Å²) in [5.41, 5.74) is -1.16. The van der Waals surface area contributed by atoms with E-state index in [1.807, 2.05) is 0 Å². The first-order chi connectivity index (χ1) is 9.75. The number of carbonyl (C=O) groups excluding carboxylic acids is 1. The van der Waals surface area contributed by atoms with Gasteiger partial charge in [-0.1, -0.05) is 6.42 Å². The van der Waals surface area contributed by atoms with Crippen molar-refractivity contribution >= 4 is 11.9 Å². The summed E-state index contributed by atoms with van der Waals surface area (Å²) in [6.07, 6.45) is 1.66. The molecule has 1 fully saturated rings. The minimum Gasteiger partial charge on any atom is -0.481 e. The van der Waals surface area contributed by atoms with Crippen LogP contribution in [0.15, 0.2) is 12.1 Å². The van der Waals surface area contributed by atoms with Gasteiger partial charge in [-0.2, -0.15) is 0 Å². The molecule has 21 heavy (non-hydrogen) atoms. The summed E-state index contributed by atoms with van der Waals surface area (Å²) in [5, 5.41) is 11.9. The van der Waals surface area contributed by atoms with Crippen molar-refractivity contribution in [1.82, 2.24) is 5.32 Å². The average molecular weight is 297 g/mol. The second-order valence-corrected chi connectivity index (χ2v) is 5.72. The monoisotopic (exact) mass is 297 g/mol. The van der Waals surface area contributed by atoms with Gasteiger partial charge in [0, 0.05) is 12.1 Å². The molecule has 1 saturated carbocycles. The summed E-state index contributed by atoms with van der Waals surface area (Å²) >= 11 is 0. The molecule has 1 amide bonds. The summed E-state index contributed by atoms with van der Waals surface area (Å²) < 4.78 is 26.9. The van der Waals surface area contributed by atoms with Crippen molar-refractivity contribution in [2.24, 2.45) is 5.41 Å². The van der Waals surface area contributed by atoms with Gasteiger partial charge in [0.25, 0.3) is 5.91 Å². The maximum atomic E-state index is 13.7. The lowest BCUT2D eigenvalue weighted by Gasteiger charge is -2.27. The largest absolute Gasteiger partial charge is 0.481 e. The van der Waals surface area contributed by atoms with E-state index in [9.17, 15) is 23.5 Å². The Morgan fingerprint density at radius 1 is 1.33 bits per heavy atom. The number of carboxylic acid groups (broad SMARTS) is 1. The molecule has 6 heteroatoms. The van der Waals surface area contributed by atoms with Crippen LogP contribution in [0.1, 0.15) is 42.1 Å². The van der Waals surface area contributed by atoms with Crippen molar-refractivity contribution in [3.63, 3.8) is 0 Å². The minimum atomic E-state index is -1.05. The van der Waals surface area contributed by atoms with E-state index in [1.165, 1.54) is 6.92 Å². The lowest BCUT2D eigenvalue weighted by atomic mass is 9.85. The van der Waals surface area contributed by atoms with E-state index in [4.69, 9.17) is 0 Å². The highest BCUT2D eigenvalue weighted by Crippen LogP contribution is 2.38. The van der Waals surface area contributed by atoms with Gasteiger partial charge >= 0.3 is 5.97 Å². The molecule has 2 unspecified atom stereocenters. The normalized spacial score (nSPS) is 24.9. The molecule has 1 aromatic rings. The van der Waals surface area contributed by atoms with Crippen LogP contribution < -0.4 is 5.32 Å². The first-order valence-corrected chi connectivity index (χ1v) is 6.75. The molecule has 1 aliphatic rings. The Hall–Kier alpha value is -1.98. The summed E-state index contributed by atoms with van der Waals surface area (Å²) in [4.78, 5) is 23.5. The molecule has 2 atom stereocenters. The van der Waals surface area contributed by atoms with Crippen LogP contribution >= 0.6 is 0 Å². The fourth-order valence-corrected chi connectivity index (χ4v) is 2.72. The number of carbonyl (C=O) groups is 2. The number of aliphatic carboxylic acids is 1. The van der Waals surface area contributed by atoms with E-state index < -0.39 is 35.0 Å². The summed E-state index contributed by atoms with van der Waals surface area (Å²) in [6, 6.07) is 1.23. The Bertz CT molecular complexity index is 603.